The normalized spacial score (nSPS) is 11.4. The first-order valence-corrected chi connectivity index (χ1v) is 9.18. The molecular formula is C22H17N5O2. The molecule has 0 saturated carbocycles. The Kier molecular flexibility index (Phi) is 3.70. The minimum absolute atomic E-state index is 0.207. The first-order chi connectivity index (χ1) is 14.0. The van der Waals surface area contributed by atoms with Crippen molar-refractivity contribution in [2.45, 2.75) is 13.8 Å². The summed E-state index contributed by atoms with van der Waals surface area (Å²) in [6.45, 7) is 3.95. The topological polar surface area (TPSA) is 85.6 Å². The largest absolute Gasteiger partial charge is 0.283 e. The van der Waals surface area contributed by atoms with Crippen molar-refractivity contribution in [1.29, 1.82) is 0 Å². The molecule has 7 nitrogen and oxygen atoms in total. The minimum atomic E-state index is -0.261. The molecule has 142 valence electrons. The molecule has 0 unspecified atom stereocenters. The van der Waals surface area contributed by atoms with Crippen LogP contribution in [0.4, 0.5) is 0 Å². The molecule has 0 fully saturated rings. The van der Waals surface area contributed by atoms with Crippen LogP contribution in [0, 0.1) is 13.8 Å². The summed E-state index contributed by atoms with van der Waals surface area (Å²) in [5, 5.41) is 7.45. The average molecular weight is 383 g/mol. The fourth-order valence-corrected chi connectivity index (χ4v) is 3.57. The third kappa shape index (κ3) is 2.67. The van der Waals surface area contributed by atoms with Gasteiger partial charge in [-0.2, -0.15) is 5.10 Å². The predicted octanol–water partition coefficient (Wildman–Crippen LogP) is 3.03. The second-order valence-electron chi connectivity index (χ2n) is 7.07. The molecule has 1 aromatic carbocycles. The molecule has 0 saturated heterocycles. The number of nitrogens with one attached hydrogen (secondary N) is 1. The van der Waals surface area contributed by atoms with Crippen molar-refractivity contribution in [2.75, 3.05) is 0 Å². The van der Waals surface area contributed by atoms with E-state index in [9.17, 15) is 9.59 Å². The highest BCUT2D eigenvalue weighted by Gasteiger charge is 2.12. The maximum absolute atomic E-state index is 13.3. The van der Waals surface area contributed by atoms with Crippen molar-refractivity contribution in [1.82, 2.24) is 24.3 Å². The number of H-pyrrole nitrogens is 1. The van der Waals surface area contributed by atoms with Crippen LogP contribution in [-0.4, -0.2) is 24.3 Å². The van der Waals surface area contributed by atoms with Crippen LogP contribution in [0.1, 0.15) is 11.1 Å². The third-order valence-corrected chi connectivity index (χ3v) is 5.11. The van der Waals surface area contributed by atoms with Crippen LogP contribution in [0.3, 0.4) is 0 Å². The van der Waals surface area contributed by atoms with Gasteiger partial charge < -0.3 is 0 Å². The Labute approximate surface area is 164 Å². The molecular weight excluding hydrogens is 366 g/mol. The first-order valence-electron chi connectivity index (χ1n) is 9.18. The molecule has 29 heavy (non-hydrogen) atoms. The summed E-state index contributed by atoms with van der Waals surface area (Å²) in [6.07, 6.45) is 4.96. The van der Waals surface area contributed by atoms with E-state index in [2.05, 4.69) is 15.2 Å². The second-order valence-corrected chi connectivity index (χ2v) is 7.07. The van der Waals surface area contributed by atoms with Gasteiger partial charge in [0.15, 0.2) is 0 Å². The fraction of sp³-hybridized carbons (Fsp3) is 0.0909. The van der Waals surface area contributed by atoms with E-state index < -0.39 is 0 Å². The first kappa shape index (κ1) is 17.1. The number of pyridine rings is 3. The Balaban J connectivity index is 1.81. The maximum Gasteiger partial charge on any atom is 0.265 e. The molecule has 1 N–H and O–H groups in total. The average Bonchev–Trinajstić information content (AvgIpc) is 3.24. The minimum Gasteiger partial charge on any atom is -0.283 e. The van der Waals surface area contributed by atoms with Crippen molar-refractivity contribution >= 4 is 21.8 Å². The van der Waals surface area contributed by atoms with Crippen LogP contribution in [0.15, 0.2) is 70.6 Å². The van der Waals surface area contributed by atoms with Crippen molar-refractivity contribution in [3.8, 4) is 11.5 Å². The van der Waals surface area contributed by atoms with Crippen LogP contribution in [-0.2, 0) is 0 Å². The van der Waals surface area contributed by atoms with Gasteiger partial charge in [-0.25, -0.2) is 4.98 Å². The summed E-state index contributed by atoms with van der Waals surface area (Å²) in [5.74, 6) is 0.554. The van der Waals surface area contributed by atoms with E-state index in [4.69, 9.17) is 0 Å². The Morgan fingerprint density at radius 2 is 1.52 bits per heavy atom. The second kappa shape index (κ2) is 6.27. The van der Waals surface area contributed by atoms with Crippen LogP contribution in [0.2, 0.25) is 0 Å². The van der Waals surface area contributed by atoms with Crippen LogP contribution in [0.25, 0.3) is 33.3 Å². The molecule has 0 aliphatic carbocycles. The Morgan fingerprint density at radius 3 is 2.21 bits per heavy atom. The summed E-state index contributed by atoms with van der Waals surface area (Å²) in [4.78, 5) is 30.8. The van der Waals surface area contributed by atoms with E-state index in [1.165, 1.54) is 4.57 Å². The highest BCUT2D eigenvalue weighted by Crippen LogP contribution is 2.18. The Bertz CT molecular complexity index is 1510. The number of rotatable bonds is 2. The van der Waals surface area contributed by atoms with Gasteiger partial charge >= 0.3 is 0 Å². The Hall–Kier alpha value is -4.00. The summed E-state index contributed by atoms with van der Waals surface area (Å²) in [7, 11) is 0. The lowest BCUT2D eigenvalue weighted by atomic mass is 10.1. The fourth-order valence-electron chi connectivity index (χ4n) is 3.57. The quantitative estimate of drug-likeness (QED) is 0.475. The molecule has 0 aliphatic rings. The van der Waals surface area contributed by atoms with Gasteiger partial charge in [-0.1, -0.05) is 12.1 Å². The van der Waals surface area contributed by atoms with Gasteiger partial charge in [0.2, 0.25) is 0 Å². The molecule has 0 spiro atoms. The molecule has 0 bridgehead atoms. The number of hydrogen-bond donors (Lipinski definition) is 1. The zero-order chi connectivity index (χ0) is 20.1. The monoisotopic (exact) mass is 383 g/mol. The van der Waals surface area contributed by atoms with E-state index in [-0.39, 0.29) is 11.1 Å². The zero-order valence-corrected chi connectivity index (χ0v) is 15.9. The number of fused-ring (bicyclic) bond motifs is 2. The number of aromatic amines is 1. The Morgan fingerprint density at radius 1 is 0.828 bits per heavy atom. The summed E-state index contributed by atoms with van der Waals surface area (Å²) in [6, 6.07) is 12.9. The van der Waals surface area contributed by atoms with Crippen LogP contribution < -0.4 is 11.1 Å². The van der Waals surface area contributed by atoms with Crippen molar-refractivity contribution < 1.29 is 0 Å². The third-order valence-electron chi connectivity index (χ3n) is 5.11. The van der Waals surface area contributed by atoms with Gasteiger partial charge in [0.1, 0.15) is 5.82 Å². The standard InChI is InChI=1S/C22H17N5O2/c1-13-3-4-14(2)19(11-13)26-9-6-17-15(21(26)28)12-16-18(24-17)7-10-27(22(16)29)20-5-8-23-25-20/h3-12H,1-2H3,(H,23,25). The molecule has 4 heterocycles. The summed E-state index contributed by atoms with van der Waals surface area (Å²) in [5.41, 5.74) is 3.51. The van der Waals surface area contributed by atoms with Crippen molar-refractivity contribution in [3.05, 3.63) is 92.9 Å². The lowest BCUT2D eigenvalue weighted by molar-refractivity contribution is 0.926. The molecule has 0 amide bonds. The lowest BCUT2D eigenvalue weighted by Gasteiger charge is -2.11. The number of nitrogens with zero attached hydrogens (tertiary/aromatic N) is 4. The smallest absolute Gasteiger partial charge is 0.265 e. The van der Waals surface area contributed by atoms with E-state index in [0.29, 0.717) is 27.6 Å². The van der Waals surface area contributed by atoms with Gasteiger partial charge in [0.25, 0.3) is 11.1 Å². The van der Waals surface area contributed by atoms with E-state index in [0.717, 1.165) is 16.8 Å². The molecule has 0 radical (unpaired) electrons. The molecule has 0 aliphatic heterocycles. The van der Waals surface area contributed by atoms with Gasteiger partial charge in [0.05, 0.1) is 33.7 Å². The van der Waals surface area contributed by atoms with E-state index in [1.807, 2.05) is 32.0 Å². The molecule has 4 aromatic heterocycles. The van der Waals surface area contributed by atoms with Crippen LogP contribution in [0.5, 0.6) is 0 Å². The summed E-state index contributed by atoms with van der Waals surface area (Å²) >= 11 is 0. The van der Waals surface area contributed by atoms with Gasteiger partial charge in [0, 0.05) is 18.5 Å². The van der Waals surface area contributed by atoms with Gasteiger partial charge in [-0.05, 0) is 49.2 Å². The van der Waals surface area contributed by atoms with Gasteiger partial charge in [-0.15, -0.1) is 0 Å². The van der Waals surface area contributed by atoms with Crippen molar-refractivity contribution in [2.24, 2.45) is 0 Å². The SMILES string of the molecule is Cc1ccc(C)c(-n2ccc3nc4ccn(-c5ccn[nH]5)c(=O)c4cc3c2=O)c1. The lowest BCUT2D eigenvalue weighted by Crippen LogP contribution is -2.21. The van der Waals surface area contributed by atoms with E-state index in [1.54, 1.807) is 47.4 Å². The summed E-state index contributed by atoms with van der Waals surface area (Å²) < 4.78 is 3.06. The number of aryl methyl sites for hydroxylation is 2. The predicted molar refractivity (Wildman–Crippen MR) is 112 cm³/mol. The zero-order valence-electron chi connectivity index (χ0n) is 15.9. The molecule has 7 heteroatoms. The maximum atomic E-state index is 13.3. The highest BCUT2D eigenvalue weighted by atomic mass is 16.1. The number of aromatic nitrogens is 5. The van der Waals surface area contributed by atoms with Crippen molar-refractivity contribution in [3.63, 3.8) is 0 Å². The molecule has 0 atom stereocenters. The highest BCUT2D eigenvalue weighted by molar-refractivity contribution is 5.91. The molecule has 5 rings (SSSR count). The number of hydrogen-bond acceptors (Lipinski definition) is 4. The number of benzene rings is 1. The van der Waals surface area contributed by atoms with Crippen LogP contribution >= 0.6 is 0 Å². The molecule has 5 aromatic rings. The van der Waals surface area contributed by atoms with E-state index >= 15 is 0 Å². The van der Waals surface area contributed by atoms with Gasteiger partial charge in [-0.3, -0.25) is 23.8 Å².